The van der Waals surface area contributed by atoms with Gasteiger partial charge in [-0.05, 0) is 5.92 Å². The summed E-state index contributed by atoms with van der Waals surface area (Å²) in [5.41, 5.74) is 4.79. The van der Waals surface area contributed by atoms with Crippen LogP contribution in [-0.4, -0.2) is 18.4 Å². The van der Waals surface area contributed by atoms with E-state index in [9.17, 15) is 9.59 Å². The van der Waals surface area contributed by atoms with Gasteiger partial charge in [0.15, 0.2) is 0 Å². The molecule has 2 amide bonds. The second-order valence-corrected chi connectivity index (χ2v) is 2.87. The first kappa shape index (κ1) is 10.7. The Hall–Kier alpha value is -1.32. The number of hydrogen-bond donors (Lipinski definition) is 2. The van der Waals surface area contributed by atoms with Crippen LogP contribution in [0.3, 0.4) is 0 Å². The maximum absolute atomic E-state index is 10.8. The fourth-order valence-corrected chi connectivity index (χ4v) is 0.521. The molecule has 0 bridgehead atoms. The molecular formula is C8H14N2O2. The molecule has 0 fully saturated rings. The third-order valence-corrected chi connectivity index (χ3v) is 1.08. The van der Waals surface area contributed by atoms with Gasteiger partial charge in [-0.25, -0.2) is 0 Å². The van der Waals surface area contributed by atoms with Crippen LogP contribution in [0.1, 0.15) is 13.8 Å². The molecule has 4 heteroatoms. The molecule has 68 valence electrons. The molecule has 0 radical (unpaired) electrons. The highest BCUT2D eigenvalue weighted by Crippen LogP contribution is 1.86. The van der Waals surface area contributed by atoms with E-state index < -0.39 is 5.91 Å². The monoisotopic (exact) mass is 170 g/mol. The van der Waals surface area contributed by atoms with Crippen molar-refractivity contribution in [2.24, 2.45) is 11.7 Å². The maximum Gasteiger partial charge on any atom is 0.244 e. The number of nitrogens with one attached hydrogen (secondary N) is 1. The molecule has 0 aliphatic heterocycles. The molecular weight excluding hydrogens is 156 g/mol. The van der Waals surface area contributed by atoms with Gasteiger partial charge in [0, 0.05) is 18.7 Å². The molecule has 0 rings (SSSR count). The molecule has 0 aromatic heterocycles. The minimum absolute atomic E-state index is 0.289. The van der Waals surface area contributed by atoms with Crippen LogP contribution in [0.15, 0.2) is 12.2 Å². The number of primary amides is 1. The molecule has 3 N–H and O–H groups in total. The van der Waals surface area contributed by atoms with Crippen molar-refractivity contribution >= 4 is 11.8 Å². The quantitative estimate of drug-likeness (QED) is 0.573. The molecule has 0 saturated carbocycles. The number of carbonyl (C=O) groups excluding carboxylic acids is 2. The van der Waals surface area contributed by atoms with Crippen LogP contribution in [0.2, 0.25) is 0 Å². The Morgan fingerprint density at radius 1 is 1.42 bits per heavy atom. The molecule has 4 nitrogen and oxygen atoms in total. The number of rotatable bonds is 4. The topological polar surface area (TPSA) is 72.2 Å². The smallest absolute Gasteiger partial charge is 0.244 e. The summed E-state index contributed by atoms with van der Waals surface area (Å²) in [5, 5.41) is 2.60. The largest absolute Gasteiger partial charge is 0.366 e. The molecule has 12 heavy (non-hydrogen) atoms. The van der Waals surface area contributed by atoms with Crippen molar-refractivity contribution in [3.63, 3.8) is 0 Å². The van der Waals surface area contributed by atoms with Crippen molar-refractivity contribution < 1.29 is 9.59 Å². The zero-order valence-corrected chi connectivity index (χ0v) is 7.33. The summed E-state index contributed by atoms with van der Waals surface area (Å²) < 4.78 is 0. The zero-order chi connectivity index (χ0) is 9.56. The SMILES string of the molecule is CC(C)CNC(=O)C=CC(N)=O. The van der Waals surface area contributed by atoms with Crippen LogP contribution in [0.25, 0.3) is 0 Å². The van der Waals surface area contributed by atoms with E-state index in [1.165, 1.54) is 0 Å². The summed E-state index contributed by atoms with van der Waals surface area (Å²) in [6, 6.07) is 0. The van der Waals surface area contributed by atoms with Crippen molar-refractivity contribution in [3.05, 3.63) is 12.2 Å². The summed E-state index contributed by atoms with van der Waals surface area (Å²) in [6.45, 7) is 4.57. The second kappa shape index (κ2) is 5.35. The number of hydrogen-bond acceptors (Lipinski definition) is 2. The summed E-state index contributed by atoms with van der Waals surface area (Å²) >= 11 is 0. The van der Waals surface area contributed by atoms with Crippen molar-refractivity contribution in [2.45, 2.75) is 13.8 Å². The molecule has 0 aliphatic carbocycles. The summed E-state index contributed by atoms with van der Waals surface area (Å²) in [7, 11) is 0. The van der Waals surface area contributed by atoms with E-state index in [1.54, 1.807) is 0 Å². The summed E-state index contributed by atoms with van der Waals surface area (Å²) in [4.78, 5) is 21.0. The van der Waals surface area contributed by atoms with E-state index in [-0.39, 0.29) is 5.91 Å². The molecule has 0 saturated heterocycles. The molecule has 0 atom stereocenters. The summed E-state index contributed by atoms with van der Waals surface area (Å²) in [5.74, 6) is -0.506. The van der Waals surface area contributed by atoms with E-state index >= 15 is 0 Å². The van der Waals surface area contributed by atoms with Crippen molar-refractivity contribution in [1.82, 2.24) is 5.32 Å². The lowest BCUT2D eigenvalue weighted by atomic mass is 10.2. The van der Waals surface area contributed by atoms with Gasteiger partial charge in [-0.3, -0.25) is 9.59 Å². The second-order valence-electron chi connectivity index (χ2n) is 2.87. The molecule has 0 heterocycles. The van der Waals surface area contributed by atoms with Crippen LogP contribution in [0.4, 0.5) is 0 Å². The van der Waals surface area contributed by atoms with E-state index in [2.05, 4.69) is 5.32 Å². The lowest BCUT2D eigenvalue weighted by molar-refractivity contribution is -0.117. The summed E-state index contributed by atoms with van der Waals surface area (Å²) in [6.07, 6.45) is 2.17. The zero-order valence-electron chi connectivity index (χ0n) is 7.33. The maximum atomic E-state index is 10.8. The average Bonchev–Trinajstić information content (AvgIpc) is 1.96. The first-order chi connectivity index (χ1) is 5.52. The van der Waals surface area contributed by atoms with Gasteiger partial charge in [-0.15, -0.1) is 0 Å². The van der Waals surface area contributed by atoms with E-state index in [4.69, 9.17) is 5.73 Å². The molecule has 0 aromatic carbocycles. The van der Waals surface area contributed by atoms with E-state index in [0.717, 1.165) is 12.2 Å². The Balaban J connectivity index is 3.67. The predicted octanol–water partition coefficient (Wildman–Crippen LogP) is -0.200. The predicted molar refractivity (Wildman–Crippen MR) is 46.2 cm³/mol. The van der Waals surface area contributed by atoms with Crippen LogP contribution >= 0.6 is 0 Å². The molecule has 0 aromatic rings. The van der Waals surface area contributed by atoms with Crippen LogP contribution < -0.4 is 11.1 Å². The first-order valence-corrected chi connectivity index (χ1v) is 3.77. The Bertz CT molecular complexity index is 197. The highest BCUT2D eigenvalue weighted by atomic mass is 16.2. The molecule has 0 unspecified atom stereocenters. The Labute approximate surface area is 71.8 Å². The lowest BCUT2D eigenvalue weighted by Crippen LogP contribution is -2.25. The van der Waals surface area contributed by atoms with Crippen molar-refractivity contribution in [3.8, 4) is 0 Å². The lowest BCUT2D eigenvalue weighted by Gasteiger charge is -2.03. The Morgan fingerprint density at radius 2 is 2.00 bits per heavy atom. The third-order valence-electron chi connectivity index (χ3n) is 1.08. The molecule has 0 spiro atoms. The van der Waals surface area contributed by atoms with Gasteiger partial charge in [0.05, 0.1) is 0 Å². The Kier molecular flexibility index (Phi) is 4.76. The van der Waals surface area contributed by atoms with Gasteiger partial charge in [0.25, 0.3) is 0 Å². The number of amides is 2. The van der Waals surface area contributed by atoms with Gasteiger partial charge in [-0.1, -0.05) is 13.8 Å². The number of nitrogens with two attached hydrogens (primary N) is 1. The van der Waals surface area contributed by atoms with E-state index in [1.807, 2.05) is 13.8 Å². The van der Waals surface area contributed by atoms with Crippen LogP contribution in [0, 0.1) is 5.92 Å². The first-order valence-electron chi connectivity index (χ1n) is 3.77. The van der Waals surface area contributed by atoms with Gasteiger partial charge < -0.3 is 11.1 Å². The third kappa shape index (κ3) is 6.80. The average molecular weight is 170 g/mol. The number of carbonyl (C=O) groups is 2. The van der Waals surface area contributed by atoms with Gasteiger partial charge in [-0.2, -0.15) is 0 Å². The van der Waals surface area contributed by atoms with Gasteiger partial charge >= 0.3 is 0 Å². The van der Waals surface area contributed by atoms with Crippen LogP contribution in [0.5, 0.6) is 0 Å². The standard InChI is InChI=1S/C8H14N2O2/c1-6(2)5-10-8(12)4-3-7(9)11/h3-4,6H,5H2,1-2H3,(H2,9,11)(H,10,12). The minimum atomic E-state index is -0.616. The van der Waals surface area contributed by atoms with Gasteiger partial charge in [0.2, 0.25) is 11.8 Å². The highest BCUT2D eigenvalue weighted by Gasteiger charge is 1.97. The van der Waals surface area contributed by atoms with Crippen molar-refractivity contribution in [1.29, 1.82) is 0 Å². The fourth-order valence-electron chi connectivity index (χ4n) is 0.521. The van der Waals surface area contributed by atoms with Crippen LogP contribution in [-0.2, 0) is 9.59 Å². The fraction of sp³-hybridized carbons (Fsp3) is 0.500. The van der Waals surface area contributed by atoms with Crippen molar-refractivity contribution in [2.75, 3.05) is 6.54 Å². The van der Waals surface area contributed by atoms with Gasteiger partial charge in [0.1, 0.15) is 0 Å². The highest BCUT2D eigenvalue weighted by molar-refractivity contribution is 5.95. The molecule has 0 aliphatic rings. The normalized spacial score (nSPS) is 10.6. The minimum Gasteiger partial charge on any atom is -0.366 e. The van der Waals surface area contributed by atoms with E-state index in [0.29, 0.717) is 12.5 Å². The Morgan fingerprint density at radius 3 is 2.42 bits per heavy atom.